The zero-order valence-corrected chi connectivity index (χ0v) is 11.5. The number of nitrogens with zero attached hydrogens (tertiary/aromatic N) is 2. The molecule has 1 aliphatic rings. The van der Waals surface area contributed by atoms with E-state index in [2.05, 4.69) is 22.2 Å². The van der Waals surface area contributed by atoms with Crippen molar-refractivity contribution in [2.45, 2.75) is 45.1 Å². The first-order chi connectivity index (χ1) is 8.19. The topological polar surface area (TPSA) is 36.4 Å². The molecular formula is C13H22N2OS. The molecule has 0 amide bonds. The molecule has 0 aliphatic carbocycles. The lowest BCUT2D eigenvalue weighted by Gasteiger charge is -2.29. The summed E-state index contributed by atoms with van der Waals surface area (Å²) >= 11 is 1.77. The number of aliphatic hydroxyl groups excluding tert-OH is 1. The molecule has 0 aromatic carbocycles. The van der Waals surface area contributed by atoms with E-state index in [-0.39, 0.29) is 6.10 Å². The molecule has 0 spiro atoms. The number of rotatable bonds is 4. The van der Waals surface area contributed by atoms with E-state index >= 15 is 0 Å². The maximum Gasteiger partial charge on any atom is 0.0960 e. The second kappa shape index (κ2) is 5.94. The number of thiazole rings is 1. The minimum absolute atomic E-state index is 0.285. The van der Waals surface area contributed by atoms with Crippen LogP contribution in [0.25, 0.3) is 0 Å². The van der Waals surface area contributed by atoms with Crippen molar-refractivity contribution in [2.75, 3.05) is 19.6 Å². The van der Waals surface area contributed by atoms with Crippen LogP contribution >= 0.6 is 11.3 Å². The van der Waals surface area contributed by atoms with E-state index in [0.29, 0.717) is 12.3 Å². The van der Waals surface area contributed by atoms with E-state index in [4.69, 9.17) is 0 Å². The van der Waals surface area contributed by atoms with Crippen LogP contribution < -0.4 is 0 Å². The number of piperidine rings is 1. The maximum atomic E-state index is 9.35. The van der Waals surface area contributed by atoms with E-state index in [9.17, 15) is 5.11 Å². The summed E-state index contributed by atoms with van der Waals surface area (Å²) in [5.74, 6) is 0.644. The highest BCUT2D eigenvalue weighted by atomic mass is 32.1. The van der Waals surface area contributed by atoms with Crippen molar-refractivity contribution in [1.29, 1.82) is 0 Å². The van der Waals surface area contributed by atoms with Gasteiger partial charge < -0.3 is 10.0 Å². The highest BCUT2D eigenvalue weighted by Crippen LogP contribution is 2.30. The van der Waals surface area contributed by atoms with Crippen LogP contribution in [0.2, 0.25) is 0 Å². The van der Waals surface area contributed by atoms with E-state index < -0.39 is 0 Å². The highest BCUT2D eigenvalue weighted by Gasteiger charge is 2.22. The summed E-state index contributed by atoms with van der Waals surface area (Å²) in [5.41, 5.74) is 1.05. The fraction of sp³-hybridized carbons (Fsp3) is 0.769. The smallest absolute Gasteiger partial charge is 0.0960 e. The standard InChI is InChI=1S/C13H22N2OS/c1-3-15-6-4-11(5-7-15)13-14-12(9-17-13)8-10(2)16/h9-11,16H,3-8H2,1-2H3. The normalized spacial score (nSPS) is 20.6. The highest BCUT2D eigenvalue weighted by molar-refractivity contribution is 7.09. The molecule has 1 fully saturated rings. The van der Waals surface area contributed by atoms with Crippen LogP contribution in [0.5, 0.6) is 0 Å². The zero-order valence-electron chi connectivity index (χ0n) is 10.7. The summed E-state index contributed by atoms with van der Waals surface area (Å²) in [6.07, 6.45) is 2.86. The lowest BCUT2D eigenvalue weighted by molar-refractivity contribution is 0.194. The quantitative estimate of drug-likeness (QED) is 0.895. The van der Waals surface area contributed by atoms with Gasteiger partial charge in [0.2, 0.25) is 0 Å². The van der Waals surface area contributed by atoms with Crippen molar-refractivity contribution in [3.05, 3.63) is 16.1 Å². The molecule has 2 rings (SSSR count). The van der Waals surface area contributed by atoms with Crippen LogP contribution in [0.15, 0.2) is 5.38 Å². The van der Waals surface area contributed by atoms with Gasteiger partial charge in [-0.15, -0.1) is 11.3 Å². The fourth-order valence-electron chi connectivity index (χ4n) is 2.40. The average Bonchev–Trinajstić information content (AvgIpc) is 2.77. The third kappa shape index (κ3) is 3.50. The molecule has 1 unspecified atom stereocenters. The van der Waals surface area contributed by atoms with Crippen molar-refractivity contribution < 1.29 is 5.11 Å². The molecule has 1 aromatic heterocycles. The summed E-state index contributed by atoms with van der Waals surface area (Å²) in [7, 11) is 0. The molecule has 1 atom stereocenters. The Kier molecular flexibility index (Phi) is 4.54. The first kappa shape index (κ1) is 13.0. The van der Waals surface area contributed by atoms with E-state index in [0.717, 1.165) is 12.2 Å². The average molecular weight is 254 g/mol. The molecule has 0 bridgehead atoms. The second-order valence-corrected chi connectivity index (χ2v) is 5.83. The van der Waals surface area contributed by atoms with Crippen molar-refractivity contribution in [3.63, 3.8) is 0 Å². The molecule has 1 aromatic rings. The zero-order chi connectivity index (χ0) is 12.3. The van der Waals surface area contributed by atoms with Crippen LogP contribution in [-0.4, -0.2) is 40.7 Å². The number of likely N-dealkylation sites (tertiary alicyclic amines) is 1. The van der Waals surface area contributed by atoms with Gasteiger partial charge in [-0.05, 0) is 39.4 Å². The Bertz CT molecular complexity index is 343. The van der Waals surface area contributed by atoms with Gasteiger partial charge >= 0.3 is 0 Å². The minimum Gasteiger partial charge on any atom is -0.393 e. The van der Waals surface area contributed by atoms with E-state index in [1.165, 1.54) is 30.9 Å². The Morgan fingerprint density at radius 3 is 2.82 bits per heavy atom. The van der Waals surface area contributed by atoms with Crippen molar-refractivity contribution in [2.24, 2.45) is 0 Å². The summed E-state index contributed by atoms with van der Waals surface area (Å²) in [5, 5.41) is 12.7. The molecule has 0 saturated carbocycles. The predicted molar refractivity (Wildman–Crippen MR) is 71.6 cm³/mol. The molecule has 0 radical (unpaired) electrons. The molecule has 1 N–H and O–H groups in total. The van der Waals surface area contributed by atoms with Gasteiger partial charge in [0.1, 0.15) is 0 Å². The van der Waals surface area contributed by atoms with Gasteiger partial charge in [0.05, 0.1) is 16.8 Å². The Balaban J connectivity index is 1.92. The van der Waals surface area contributed by atoms with Crippen LogP contribution in [-0.2, 0) is 6.42 Å². The molecule has 3 nitrogen and oxygen atoms in total. The minimum atomic E-state index is -0.285. The molecule has 96 valence electrons. The molecule has 17 heavy (non-hydrogen) atoms. The van der Waals surface area contributed by atoms with Gasteiger partial charge in [-0.2, -0.15) is 0 Å². The first-order valence-corrected chi connectivity index (χ1v) is 7.41. The van der Waals surface area contributed by atoms with Crippen molar-refractivity contribution in [3.8, 4) is 0 Å². The van der Waals surface area contributed by atoms with Gasteiger partial charge in [-0.3, -0.25) is 0 Å². The van der Waals surface area contributed by atoms with E-state index in [1.54, 1.807) is 11.3 Å². The van der Waals surface area contributed by atoms with Gasteiger partial charge in [-0.1, -0.05) is 6.92 Å². The Labute approximate surface area is 107 Å². The Hall–Kier alpha value is -0.450. The van der Waals surface area contributed by atoms with Gasteiger partial charge in [0, 0.05) is 17.7 Å². The van der Waals surface area contributed by atoms with Gasteiger partial charge in [-0.25, -0.2) is 4.98 Å². The summed E-state index contributed by atoms with van der Waals surface area (Å²) in [6, 6.07) is 0. The number of aliphatic hydroxyl groups is 1. The summed E-state index contributed by atoms with van der Waals surface area (Å²) in [6.45, 7) is 7.61. The Morgan fingerprint density at radius 1 is 1.53 bits per heavy atom. The number of hydrogen-bond acceptors (Lipinski definition) is 4. The first-order valence-electron chi connectivity index (χ1n) is 6.53. The van der Waals surface area contributed by atoms with Gasteiger partial charge in [0.25, 0.3) is 0 Å². The van der Waals surface area contributed by atoms with Gasteiger partial charge in [0.15, 0.2) is 0 Å². The second-order valence-electron chi connectivity index (χ2n) is 4.94. The fourth-order valence-corrected chi connectivity index (χ4v) is 3.41. The SMILES string of the molecule is CCN1CCC(c2nc(CC(C)O)cs2)CC1. The third-order valence-corrected chi connectivity index (χ3v) is 4.51. The van der Waals surface area contributed by atoms with Crippen molar-refractivity contribution >= 4 is 11.3 Å². The largest absolute Gasteiger partial charge is 0.393 e. The Morgan fingerprint density at radius 2 is 2.24 bits per heavy atom. The number of hydrogen-bond donors (Lipinski definition) is 1. The molecule has 1 saturated heterocycles. The van der Waals surface area contributed by atoms with Crippen LogP contribution in [0.1, 0.15) is 43.3 Å². The monoisotopic (exact) mass is 254 g/mol. The molecule has 2 heterocycles. The molecule has 4 heteroatoms. The third-order valence-electron chi connectivity index (χ3n) is 3.46. The predicted octanol–water partition coefficient (Wildman–Crippen LogP) is 2.27. The molecule has 1 aliphatic heterocycles. The van der Waals surface area contributed by atoms with Crippen LogP contribution in [0.3, 0.4) is 0 Å². The van der Waals surface area contributed by atoms with Crippen molar-refractivity contribution in [1.82, 2.24) is 9.88 Å². The summed E-state index contributed by atoms with van der Waals surface area (Å²) in [4.78, 5) is 7.17. The van der Waals surface area contributed by atoms with Crippen LogP contribution in [0.4, 0.5) is 0 Å². The summed E-state index contributed by atoms with van der Waals surface area (Å²) < 4.78 is 0. The number of aromatic nitrogens is 1. The lowest BCUT2D eigenvalue weighted by Crippen LogP contribution is -2.32. The van der Waals surface area contributed by atoms with E-state index in [1.807, 2.05) is 6.92 Å². The lowest BCUT2D eigenvalue weighted by atomic mass is 9.97. The molecular weight excluding hydrogens is 232 g/mol. The van der Waals surface area contributed by atoms with Crippen LogP contribution in [0, 0.1) is 0 Å². The maximum absolute atomic E-state index is 9.35.